The van der Waals surface area contributed by atoms with E-state index in [-0.39, 0.29) is 36.8 Å². The Morgan fingerprint density at radius 3 is 1.61 bits per heavy atom. The highest BCUT2D eigenvalue weighted by Crippen LogP contribution is 2.14. The molecule has 0 fully saturated rings. The number of carbonyl (C=O) groups excluding carboxylic acids is 3. The first-order chi connectivity index (χ1) is 17.0. The number of phenols is 2. The summed E-state index contributed by atoms with van der Waals surface area (Å²) in [5.74, 6) is -3.46. The third-order valence-corrected chi connectivity index (χ3v) is 5.45. The van der Waals surface area contributed by atoms with Crippen LogP contribution in [0.15, 0.2) is 48.5 Å². The number of carbonyl (C=O) groups is 4. The van der Waals surface area contributed by atoms with Crippen LogP contribution in [0.4, 0.5) is 0 Å². The molecular formula is C25H32N4O7. The highest BCUT2D eigenvalue weighted by molar-refractivity contribution is 5.94. The van der Waals surface area contributed by atoms with Gasteiger partial charge in [-0.05, 0) is 41.3 Å². The summed E-state index contributed by atoms with van der Waals surface area (Å²) in [6.07, 6.45) is -0.0541. The van der Waals surface area contributed by atoms with Gasteiger partial charge in [-0.3, -0.25) is 14.4 Å². The Morgan fingerprint density at radius 1 is 0.750 bits per heavy atom. The number of nitrogens with one attached hydrogen (secondary N) is 3. The normalized spacial score (nSPS) is 13.3. The second-order valence-corrected chi connectivity index (χ2v) is 8.70. The van der Waals surface area contributed by atoms with Crippen molar-refractivity contribution in [2.75, 3.05) is 6.54 Å². The topological polar surface area (TPSA) is 191 Å². The van der Waals surface area contributed by atoms with Gasteiger partial charge in [-0.25, -0.2) is 4.79 Å². The molecular weight excluding hydrogens is 468 g/mol. The maximum atomic E-state index is 13.2. The van der Waals surface area contributed by atoms with Gasteiger partial charge in [0.2, 0.25) is 17.7 Å². The number of amides is 3. The van der Waals surface area contributed by atoms with Crippen molar-refractivity contribution >= 4 is 23.7 Å². The zero-order valence-corrected chi connectivity index (χ0v) is 20.1. The third-order valence-electron chi connectivity index (χ3n) is 5.45. The molecule has 0 aromatic heterocycles. The molecule has 0 radical (unpaired) electrons. The molecule has 0 saturated carbocycles. The number of aromatic hydroxyl groups is 2. The van der Waals surface area contributed by atoms with Crippen LogP contribution < -0.4 is 21.7 Å². The predicted octanol–water partition coefficient (Wildman–Crippen LogP) is 0.0367. The van der Waals surface area contributed by atoms with Crippen LogP contribution in [0.5, 0.6) is 11.5 Å². The van der Waals surface area contributed by atoms with Gasteiger partial charge in [0.05, 0.1) is 6.54 Å². The van der Waals surface area contributed by atoms with E-state index in [0.717, 1.165) is 0 Å². The molecule has 8 N–H and O–H groups in total. The van der Waals surface area contributed by atoms with E-state index in [1.54, 1.807) is 38.1 Å². The minimum atomic E-state index is -1.31. The van der Waals surface area contributed by atoms with E-state index >= 15 is 0 Å². The molecule has 0 aliphatic heterocycles. The van der Waals surface area contributed by atoms with Crippen LogP contribution in [-0.2, 0) is 32.0 Å². The number of carboxylic acids is 1. The van der Waals surface area contributed by atoms with Crippen LogP contribution in [0.1, 0.15) is 25.0 Å². The van der Waals surface area contributed by atoms with Crippen molar-refractivity contribution in [3.05, 3.63) is 59.7 Å². The summed E-state index contributed by atoms with van der Waals surface area (Å²) in [6, 6.07) is 8.44. The van der Waals surface area contributed by atoms with Crippen LogP contribution in [0.3, 0.4) is 0 Å². The van der Waals surface area contributed by atoms with Crippen molar-refractivity contribution in [3.63, 3.8) is 0 Å². The average Bonchev–Trinajstić information content (AvgIpc) is 2.83. The lowest BCUT2D eigenvalue weighted by atomic mass is 10.00. The van der Waals surface area contributed by atoms with Gasteiger partial charge in [-0.1, -0.05) is 38.1 Å². The summed E-state index contributed by atoms with van der Waals surface area (Å²) >= 11 is 0. The first kappa shape index (κ1) is 28.1. The summed E-state index contributed by atoms with van der Waals surface area (Å²) in [5.41, 5.74) is 6.52. The smallest absolute Gasteiger partial charge is 0.326 e. The summed E-state index contributed by atoms with van der Waals surface area (Å²) < 4.78 is 0. The standard InChI is InChI=1S/C25H32N4O7/c1-14(2)22(29-21(32)13-26)24(34)27-19(11-15-3-7-17(30)8-4-15)23(33)28-20(25(35)36)12-16-5-9-18(31)10-6-16/h3-10,14,19-20,22,30-31H,11-13,26H2,1-2H3,(H,27,34)(H,28,33)(H,29,32)(H,35,36). The highest BCUT2D eigenvalue weighted by atomic mass is 16.4. The first-order valence-electron chi connectivity index (χ1n) is 11.4. The molecule has 0 aliphatic carbocycles. The molecule has 0 spiro atoms. The summed E-state index contributed by atoms with van der Waals surface area (Å²) in [7, 11) is 0. The van der Waals surface area contributed by atoms with Gasteiger partial charge in [0.25, 0.3) is 0 Å². The molecule has 2 aromatic carbocycles. The maximum absolute atomic E-state index is 13.2. The average molecular weight is 501 g/mol. The summed E-state index contributed by atoms with van der Waals surface area (Å²) in [4.78, 5) is 49.9. The molecule has 11 nitrogen and oxygen atoms in total. The Labute approximate surface area is 208 Å². The third kappa shape index (κ3) is 8.58. The molecule has 2 rings (SSSR count). The molecule has 3 amide bonds. The van der Waals surface area contributed by atoms with E-state index in [1.807, 2.05) is 0 Å². The van der Waals surface area contributed by atoms with Crippen molar-refractivity contribution in [2.45, 2.75) is 44.8 Å². The fourth-order valence-corrected chi connectivity index (χ4v) is 3.45. The lowest BCUT2D eigenvalue weighted by Crippen LogP contribution is -2.58. The van der Waals surface area contributed by atoms with E-state index in [4.69, 9.17) is 5.73 Å². The van der Waals surface area contributed by atoms with Crippen molar-refractivity contribution < 1.29 is 34.5 Å². The summed E-state index contributed by atoms with van der Waals surface area (Å²) in [5, 5.41) is 36.3. The number of rotatable bonds is 12. The lowest BCUT2D eigenvalue weighted by molar-refractivity contribution is -0.142. The number of phenolic OH excluding ortho intramolecular Hbond substituents is 2. The van der Waals surface area contributed by atoms with Crippen molar-refractivity contribution in [3.8, 4) is 11.5 Å². The second-order valence-electron chi connectivity index (χ2n) is 8.70. The number of hydrogen-bond acceptors (Lipinski definition) is 7. The van der Waals surface area contributed by atoms with E-state index in [1.165, 1.54) is 24.3 Å². The van der Waals surface area contributed by atoms with Gasteiger partial charge in [-0.15, -0.1) is 0 Å². The molecule has 0 saturated heterocycles. The largest absolute Gasteiger partial charge is 0.508 e. The van der Waals surface area contributed by atoms with Gasteiger partial charge in [-0.2, -0.15) is 0 Å². The van der Waals surface area contributed by atoms with Gasteiger partial charge < -0.3 is 37.0 Å². The summed E-state index contributed by atoms with van der Waals surface area (Å²) in [6.45, 7) is 3.12. The van der Waals surface area contributed by atoms with Gasteiger partial charge >= 0.3 is 5.97 Å². The number of aliphatic carboxylic acids is 1. The SMILES string of the molecule is CC(C)C(NC(=O)CN)C(=O)NC(Cc1ccc(O)cc1)C(=O)NC(Cc1ccc(O)cc1)C(=O)O. The number of hydrogen-bond donors (Lipinski definition) is 7. The van der Waals surface area contributed by atoms with Crippen LogP contribution in [0.25, 0.3) is 0 Å². The molecule has 11 heteroatoms. The number of nitrogens with two attached hydrogens (primary N) is 1. The number of carboxylic acid groups (broad SMARTS) is 1. The Kier molecular flexibility index (Phi) is 10.2. The molecule has 3 unspecified atom stereocenters. The van der Waals surface area contributed by atoms with E-state index in [9.17, 15) is 34.5 Å². The Morgan fingerprint density at radius 2 is 1.19 bits per heavy atom. The van der Waals surface area contributed by atoms with Crippen LogP contribution in [0.2, 0.25) is 0 Å². The fourth-order valence-electron chi connectivity index (χ4n) is 3.45. The van der Waals surface area contributed by atoms with Crippen molar-refractivity contribution in [1.82, 2.24) is 16.0 Å². The maximum Gasteiger partial charge on any atom is 0.326 e. The minimum Gasteiger partial charge on any atom is -0.508 e. The fraction of sp³-hybridized carbons (Fsp3) is 0.360. The molecule has 0 aliphatic rings. The van der Waals surface area contributed by atoms with Crippen LogP contribution in [-0.4, -0.2) is 63.7 Å². The zero-order valence-electron chi connectivity index (χ0n) is 20.1. The predicted molar refractivity (Wildman–Crippen MR) is 131 cm³/mol. The molecule has 36 heavy (non-hydrogen) atoms. The van der Waals surface area contributed by atoms with E-state index < -0.39 is 41.8 Å². The van der Waals surface area contributed by atoms with Gasteiger partial charge in [0, 0.05) is 12.8 Å². The zero-order chi connectivity index (χ0) is 26.8. The molecule has 0 bridgehead atoms. The van der Waals surface area contributed by atoms with Gasteiger partial charge in [0.15, 0.2) is 0 Å². The van der Waals surface area contributed by atoms with Gasteiger partial charge in [0.1, 0.15) is 29.6 Å². The van der Waals surface area contributed by atoms with Crippen molar-refractivity contribution in [2.24, 2.45) is 11.7 Å². The van der Waals surface area contributed by atoms with Crippen LogP contribution in [0, 0.1) is 5.92 Å². The molecule has 0 heterocycles. The lowest BCUT2D eigenvalue weighted by Gasteiger charge is -2.26. The highest BCUT2D eigenvalue weighted by Gasteiger charge is 2.31. The van der Waals surface area contributed by atoms with E-state index in [0.29, 0.717) is 11.1 Å². The Bertz CT molecular complexity index is 1060. The monoisotopic (exact) mass is 500 g/mol. The second kappa shape index (κ2) is 13.1. The first-order valence-corrected chi connectivity index (χ1v) is 11.4. The minimum absolute atomic E-state index is 0.000940. The van der Waals surface area contributed by atoms with Crippen LogP contribution >= 0.6 is 0 Å². The number of benzene rings is 2. The van der Waals surface area contributed by atoms with E-state index in [2.05, 4.69) is 16.0 Å². The quantitative estimate of drug-likeness (QED) is 0.212. The Balaban J connectivity index is 2.25. The molecule has 2 aromatic rings. The Hall–Kier alpha value is -4.12. The molecule has 3 atom stereocenters. The molecule has 194 valence electrons. The van der Waals surface area contributed by atoms with Crippen molar-refractivity contribution in [1.29, 1.82) is 0 Å².